The number of nitrogens with zero attached hydrogens (tertiary/aromatic N) is 1. The number of alkyl halides is 1. The van der Waals surface area contributed by atoms with Gasteiger partial charge >= 0.3 is 0 Å². The van der Waals surface area contributed by atoms with E-state index >= 15 is 0 Å². The molecule has 1 aromatic heterocycles. The molecule has 2 rings (SSSR count). The molecule has 0 N–H and O–H groups in total. The molecular weight excluding hydrogens is 193 g/mol. The second kappa shape index (κ2) is 4.73. The van der Waals surface area contributed by atoms with Crippen LogP contribution in [0.1, 0.15) is 6.42 Å². The van der Waals surface area contributed by atoms with Crippen molar-refractivity contribution in [1.82, 2.24) is 4.98 Å². The largest absolute Gasteiger partial charge is 0.493 e. The Balaban J connectivity index is 2.26. The van der Waals surface area contributed by atoms with Gasteiger partial charge in [-0.25, -0.2) is 0 Å². The highest BCUT2D eigenvalue weighted by Gasteiger charge is 2.00. The zero-order valence-electron chi connectivity index (χ0n) is 8.32. The molecule has 0 radical (unpaired) electrons. The van der Waals surface area contributed by atoms with E-state index in [1.54, 1.807) is 12.4 Å². The van der Waals surface area contributed by atoms with E-state index in [9.17, 15) is 4.39 Å². The lowest BCUT2D eigenvalue weighted by Gasteiger charge is -2.07. The summed E-state index contributed by atoms with van der Waals surface area (Å²) in [5.74, 6) is 0.795. The van der Waals surface area contributed by atoms with Gasteiger partial charge in [-0.1, -0.05) is 12.1 Å². The second-order valence-corrected chi connectivity index (χ2v) is 3.24. The number of rotatable bonds is 4. The molecule has 2 aromatic rings. The summed E-state index contributed by atoms with van der Waals surface area (Å²) >= 11 is 0. The molecule has 0 unspecified atom stereocenters. The van der Waals surface area contributed by atoms with Crippen LogP contribution >= 0.6 is 0 Å². The third kappa shape index (κ3) is 2.24. The molecule has 0 bridgehead atoms. The number of aromatic nitrogens is 1. The Hall–Kier alpha value is -1.64. The predicted octanol–water partition coefficient (Wildman–Crippen LogP) is 2.97. The Morgan fingerprint density at radius 3 is 3.07 bits per heavy atom. The van der Waals surface area contributed by atoms with Crippen LogP contribution in [0.4, 0.5) is 4.39 Å². The van der Waals surface area contributed by atoms with Crippen molar-refractivity contribution in [2.24, 2.45) is 0 Å². The van der Waals surface area contributed by atoms with Gasteiger partial charge in [-0.2, -0.15) is 0 Å². The molecule has 0 spiro atoms. The molecule has 0 fully saturated rings. The van der Waals surface area contributed by atoms with E-state index < -0.39 is 0 Å². The Morgan fingerprint density at radius 2 is 2.20 bits per heavy atom. The first-order chi connectivity index (χ1) is 7.42. The first-order valence-corrected chi connectivity index (χ1v) is 4.93. The van der Waals surface area contributed by atoms with Gasteiger partial charge in [-0.3, -0.25) is 9.37 Å². The van der Waals surface area contributed by atoms with Gasteiger partial charge in [-0.15, -0.1) is 0 Å². The average Bonchev–Trinajstić information content (AvgIpc) is 2.30. The van der Waals surface area contributed by atoms with Crippen LogP contribution < -0.4 is 4.74 Å². The minimum atomic E-state index is -0.341. The van der Waals surface area contributed by atoms with Gasteiger partial charge in [-0.05, 0) is 12.1 Å². The van der Waals surface area contributed by atoms with Gasteiger partial charge < -0.3 is 4.74 Å². The standard InChI is InChI=1S/C12H12FNO/c13-6-2-8-15-12-4-1-3-10-9-14-7-5-11(10)12/h1,3-5,7,9H,2,6,8H2. The van der Waals surface area contributed by atoms with Gasteiger partial charge in [0.05, 0.1) is 13.3 Å². The summed E-state index contributed by atoms with van der Waals surface area (Å²) in [4.78, 5) is 4.03. The van der Waals surface area contributed by atoms with E-state index in [4.69, 9.17) is 4.74 Å². The minimum absolute atomic E-state index is 0.341. The smallest absolute Gasteiger partial charge is 0.127 e. The van der Waals surface area contributed by atoms with Crippen LogP contribution in [0.3, 0.4) is 0 Å². The molecule has 0 amide bonds. The molecule has 3 heteroatoms. The summed E-state index contributed by atoms with van der Waals surface area (Å²) in [6, 6.07) is 7.68. The van der Waals surface area contributed by atoms with Gasteiger partial charge in [0.1, 0.15) is 5.75 Å². The highest BCUT2D eigenvalue weighted by molar-refractivity contribution is 5.87. The van der Waals surface area contributed by atoms with Gasteiger partial charge in [0.25, 0.3) is 0 Å². The van der Waals surface area contributed by atoms with Gasteiger partial charge in [0.2, 0.25) is 0 Å². The molecule has 0 saturated carbocycles. The lowest BCUT2D eigenvalue weighted by atomic mass is 10.1. The molecule has 1 aromatic carbocycles. The van der Waals surface area contributed by atoms with Crippen molar-refractivity contribution in [2.75, 3.05) is 13.3 Å². The molecule has 0 aliphatic carbocycles. The van der Waals surface area contributed by atoms with E-state index in [-0.39, 0.29) is 6.67 Å². The van der Waals surface area contributed by atoms with E-state index in [1.165, 1.54) is 0 Å². The van der Waals surface area contributed by atoms with E-state index in [2.05, 4.69) is 4.98 Å². The van der Waals surface area contributed by atoms with Gasteiger partial charge in [0.15, 0.2) is 0 Å². The Labute approximate surface area is 87.7 Å². The Morgan fingerprint density at radius 1 is 1.27 bits per heavy atom. The first-order valence-electron chi connectivity index (χ1n) is 4.93. The van der Waals surface area contributed by atoms with Crippen LogP contribution in [0.15, 0.2) is 36.7 Å². The van der Waals surface area contributed by atoms with Crippen molar-refractivity contribution >= 4 is 10.8 Å². The fourth-order valence-corrected chi connectivity index (χ4v) is 1.46. The third-order valence-electron chi connectivity index (χ3n) is 2.18. The quantitative estimate of drug-likeness (QED) is 0.716. The minimum Gasteiger partial charge on any atom is -0.493 e. The zero-order chi connectivity index (χ0) is 10.5. The maximum Gasteiger partial charge on any atom is 0.127 e. The van der Waals surface area contributed by atoms with Crippen molar-refractivity contribution in [1.29, 1.82) is 0 Å². The summed E-state index contributed by atoms with van der Waals surface area (Å²) in [7, 11) is 0. The fourth-order valence-electron chi connectivity index (χ4n) is 1.46. The molecular formula is C12H12FNO. The highest BCUT2D eigenvalue weighted by Crippen LogP contribution is 2.24. The lowest BCUT2D eigenvalue weighted by molar-refractivity contribution is 0.292. The highest BCUT2D eigenvalue weighted by atomic mass is 19.1. The fraction of sp³-hybridized carbons (Fsp3) is 0.250. The average molecular weight is 205 g/mol. The van der Waals surface area contributed by atoms with Gasteiger partial charge in [0, 0.05) is 29.6 Å². The van der Waals surface area contributed by atoms with E-state index in [0.717, 1.165) is 16.5 Å². The van der Waals surface area contributed by atoms with Crippen LogP contribution in [0.2, 0.25) is 0 Å². The normalized spacial score (nSPS) is 10.5. The summed E-state index contributed by atoms with van der Waals surface area (Å²) in [5, 5.41) is 2.06. The van der Waals surface area contributed by atoms with Crippen LogP contribution in [0.25, 0.3) is 10.8 Å². The third-order valence-corrected chi connectivity index (χ3v) is 2.18. The summed E-state index contributed by atoms with van der Waals surface area (Å²) in [6.45, 7) is 0.0737. The summed E-state index contributed by atoms with van der Waals surface area (Å²) < 4.78 is 17.4. The Bertz CT molecular complexity index is 439. The van der Waals surface area contributed by atoms with E-state index in [0.29, 0.717) is 13.0 Å². The maximum absolute atomic E-state index is 11.9. The molecule has 0 atom stereocenters. The molecule has 0 aliphatic heterocycles. The second-order valence-electron chi connectivity index (χ2n) is 3.24. The number of halogens is 1. The number of hydrogen-bond acceptors (Lipinski definition) is 2. The van der Waals surface area contributed by atoms with Crippen molar-refractivity contribution in [3.63, 3.8) is 0 Å². The topological polar surface area (TPSA) is 22.1 Å². The van der Waals surface area contributed by atoms with Crippen molar-refractivity contribution in [2.45, 2.75) is 6.42 Å². The predicted molar refractivity (Wildman–Crippen MR) is 57.8 cm³/mol. The molecule has 0 saturated heterocycles. The monoisotopic (exact) mass is 205 g/mol. The van der Waals surface area contributed by atoms with Crippen molar-refractivity contribution in [3.8, 4) is 5.75 Å². The maximum atomic E-state index is 11.9. The van der Waals surface area contributed by atoms with Crippen LogP contribution in [0, 0.1) is 0 Å². The van der Waals surface area contributed by atoms with E-state index in [1.807, 2.05) is 24.3 Å². The molecule has 0 aliphatic rings. The van der Waals surface area contributed by atoms with Crippen LogP contribution in [-0.4, -0.2) is 18.3 Å². The number of fused-ring (bicyclic) bond motifs is 1. The van der Waals surface area contributed by atoms with Crippen LogP contribution in [-0.2, 0) is 0 Å². The molecule has 15 heavy (non-hydrogen) atoms. The number of benzene rings is 1. The van der Waals surface area contributed by atoms with Crippen molar-refractivity contribution < 1.29 is 9.13 Å². The number of pyridine rings is 1. The zero-order valence-corrected chi connectivity index (χ0v) is 8.32. The molecule has 78 valence electrons. The summed E-state index contributed by atoms with van der Waals surface area (Å²) in [5.41, 5.74) is 0. The lowest BCUT2D eigenvalue weighted by Crippen LogP contribution is -1.98. The molecule has 1 heterocycles. The van der Waals surface area contributed by atoms with Crippen molar-refractivity contribution in [3.05, 3.63) is 36.7 Å². The van der Waals surface area contributed by atoms with Crippen LogP contribution in [0.5, 0.6) is 5.75 Å². The summed E-state index contributed by atoms with van der Waals surface area (Å²) in [6.07, 6.45) is 3.95. The number of ether oxygens (including phenoxy) is 1. The SMILES string of the molecule is FCCCOc1cccc2cnccc12. The molecule has 2 nitrogen and oxygen atoms in total. The first kappa shape index (κ1) is 9.90. The Kier molecular flexibility index (Phi) is 3.12. The number of hydrogen-bond donors (Lipinski definition) is 0.